The van der Waals surface area contributed by atoms with Gasteiger partial charge in [0.2, 0.25) is 0 Å². The Morgan fingerprint density at radius 2 is 2.33 bits per heavy atom. The Kier molecular flexibility index (Phi) is 7.50. The first-order valence-electron chi connectivity index (χ1n) is 7.03. The molecule has 2 N–H and O–H groups in total. The number of halogens is 1. The third-order valence-electron chi connectivity index (χ3n) is 3.20. The van der Waals surface area contributed by atoms with E-state index in [-0.39, 0.29) is 18.3 Å². The van der Waals surface area contributed by atoms with Gasteiger partial charge in [0, 0.05) is 25.2 Å². The quantitative estimate of drug-likeness (QED) is 0.863. The van der Waals surface area contributed by atoms with Gasteiger partial charge in [0.05, 0.1) is 13.2 Å². The van der Waals surface area contributed by atoms with Crippen LogP contribution >= 0.6 is 12.4 Å². The first-order chi connectivity index (χ1) is 9.70. The van der Waals surface area contributed by atoms with Gasteiger partial charge in [0.1, 0.15) is 11.9 Å². The minimum Gasteiger partial charge on any atom is -0.494 e. The van der Waals surface area contributed by atoms with E-state index >= 15 is 0 Å². The first-order valence-corrected chi connectivity index (χ1v) is 7.03. The molecule has 0 aromatic heterocycles. The summed E-state index contributed by atoms with van der Waals surface area (Å²) < 4.78 is 11.0. The average Bonchev–Trinajstić information content (AvgIpc) is 2.47. The second-order valence-corrected chi connectivity index (χ2v) is 4.83. The third-order valence-corrected chi connectivity index (χ3v) is 3.20. The van der Waals surface area contributed by atoms with Crippen molar-refractivity contribution in [3.63, 3.8) is 0 Å². The molecule has 1 aliphatic heterocycles. The van der Waals surface area contributed by atoms with E-state index in [0.717, 1.165) is 23.4 Å². The molecule has 0 saturated carbocycles. The SMILES string of the molecule is CCOc1cc(C)ccc1CNC(=O)C1CNCCO1.Cl. The number of nitrogens with one attached hydrogen (secondary N) is 2. The molecule has 1 aromatic carbocycles. The predicted octanol–water partition coefficient (Wildman–Crippen LogP) is 1.42. The number of aryl methyl sites for hydroxylation is 1. The Labute approximate surface area is 131 Å². The molecule has 1 saturated heterocycles. The molecule has 1 unspecified atom stereocenters. The molecule has 21 heavy (non-hydrogen) atoms. The Morgan fingerprint density at radius 1 is 1.52 bits per heavy atom. The number of benzene rings is 1. The molecular weight excluding hydrogens is 292 g/mol. The van der Waals surface area contributed by atoms with Crippen molar-refractivity contribution in [2.75, 3.05) is 26.3 Å². The van der Waals surface area contributed by atoms with Crippen molar-refractivity contribution in [2.45, 2.75) is 26.5 Å². The number of carbonyl (C=O) groups excluding carboxylic acids is 1. The summed E-state index contributed by atoms with van der Waals surface area (Å²) in [6, 6.07) is 5.99. The largest absolute Gasteiger partial charge is 0.494 e. The van der Waals surface area contributed by atoms with Gasteiger partial charge in [-0.25, -0.2) is 0 Å². The zero-order valence-corrected chi connectivity index (χ0v) is 13.3. The van der Waals surface area contributed by atoms with Gasteiger partial charge >= 0.3 is 0 Å². The Balaban J connectivity index is 0.00000220. The normalized spacial score (nSPS) is 17.7. The molecule has 5 nitrogen and oxygen atoms in total. The summed E-state index contributed by atoms with van der Waals surface area (Å²) in [4.78, 5) is 12.0. The van der Waals surface area contributed by atoms with Crippen molar-refractivity contribution in [1.29, 1.82) is 0 Å². The monoisotopic (exact) mass is 314 g/mol. The van der Waals surface area contributed by atoms with Gasteiger partial charge in [0.15, 0.2) is 0 Å². The highest BCUT2D eigenvalue weighted by Gasteiger charge is 2.21. The molecule has 1 amide bonds. The molecule has 0 radical (unpaired) electrons. The molecule has 118 valence electrons. The van der Waals surface area contributed by atoms with E-state index in [0.29, 0.717) is 26.3 Å². The highest BCUT2D eigenvalue weighted by molar-refractivity contribution is 5.85. The molecular formula is C15H23ClN2O3. The second-order valence-electron chi connectivity index (χ2n) is 4.83. The standard InChI is InChI=1S/C15H22N2O3.ClH/c1-3-19-13-8-11(2)4-5-12(13)9-17-15(18)14-10-16-6-7-20-14;/h4-5,8,14,16H,3,6-7,9-10H2,1-2H3,(H,17,18);1H. The maximum absolute atomic E-state index is 12.0. The Hall–Kier alpha value is -1.30. The average molecular weight is 315 g/mol. The van der Waals surface area contributed by atoms with Crippen molar-refractivity contribution in [3.8, 4) is 5.75 Å². The molecule has 0 bridgehead atoms. The zero-order valence-electron chi connectivity index (χ0n) is 12.5. The van der Waals surface area contributed by atoms with Gasteiger partial charge < -0.3 is 20.1 Å². The van der Waals surface area contributed by atoms with Crippen LogP contribution < -0.4 is 15.4 Å². The molecule has 1 aromatic rings. The lowest BCUT2D eigenvalue weighted by Crippen LogP contribution is -2.47. The van der Waals surface area contributed by atoms with E-state index < -0.39 is 6.10 Å². The number of hydrogen-bond acceptors (Lipinski definition) is 4. The van der Waals surface area contributed by atoms with E-state index in [4.69, 9.17) is 9.47 Å². The van der Waals surface area contributed by atoms with Crippen LogP contribution in [-0.4, -0.2) is 38.3 Å². The smallest absolute Gasteiger partial charge is 0.250 e. The molecule has 2 rings (SSSR count). The van der Waals surface area contributed by atoms with E-state index in [1.54, 1.807) is 0 Å². The van der Waals surface area contributed by atoms with Crippen LogP contribution in [0.5, 0.6) is 5.75 Å². The Bertz CT molecular complexity index is 462. The lowest BCUT2D eigenvalue weighted by molar-refractivity contribution is -0.134. The highest BCUT2D eigenvalue weighted by Crippen LogP contribution is 2.20. The first kappa shape index (κ1) is 17.8. The van der Waals surface area contributed by atoms with Crippen LogP contribution in [0.25, 0.3) is 0 Å². The number of morpholine rings is 1. The molecule has 1 fully saturated rings. The Morgan fingerprint density at radius 3 is 3.00 bits per heavy atom. The van der Waals surface area contributed by atoms with E-state index in [1.165, 1.54) is 0 Å². The lowest BCUT2D eigenvalue weighted by Gasteiger charge is -2.23. The van der Waals surface area contributed by atoms with Crippen LogP contribution in [0.1, 0.15) is 18.1 Å². The van der Waals surface area contributed by atoms with Crippen molar-refractivity contribution < 1.29 is 14.3 Å². The van der Waals surface area contributed by atoms with Crippen LogP contribution in [-0.2, 0) is 16.1 Å². The van der Waals surface area contributed by atoms with Gasteiger partial charge in [-0.15, -0.1) is 12.4 Å². The van der Waals surface area contributed by atoms with E-state index in [9.17, 15) is 4.79 Å². The van der Waals surface area contributed by atoms with E-state index in [1.807, 2.05) is 32.0 Å². The fourth-order valence-corrected chi connectivity index (χ4v) is 2.13. The lowest BCUT2D eigenvalue weighted by atomic mass is 10.1. The fourth-order valence-electron chi connectivity index (χ4n) is 2.13. The maximum Gasteiger partial charge on any atom is 0.250 e. The maximum atomic E-state index is 12.0. The summed E-state index contributed by atoms with van der Waals surface area (Å²) in [6.45, 7) is 6.98. The van der Waals surface area contributed by atoms with Gasteiger partial charge in [-0.05, 0) is 25.5 Å². The van der Waals surface area contributed by atoms with Crippen LogP contribution in [0.4, 0.5) is 0 Å². The number of rotatable bonds is 5. The summed E-state index contributed by atoms with van der Waals surface area (Å²) in [5.41, 5.74) is 2.12. The minimum absolute atomic E-state index is 0. The van der Waals surface area contributed by atoms with Crippen molar-refractivity contribution in [3.05, 3.63) is 29.3 Å². The second kappa shape index (κ2) is 8.87. The number of hydrogen-bond donors (Lipinski definition) is 2. The van der Waals surface area contributed by atoms with Gasteiger partial charge in [-0.2, -0.15) is 0 Å². The van der Waals surface area contributed by atoms with Crippen LogP contribution in [0.2, 0.25) is 0 Å². The van der Waals surface area contributed by atoms with Crippen molar-refractivity contribution in [2.24, 2.45) is 0 Å². The fraction of sp³-hybridized carbons (Fsp3) is 0.533. The number of amides is 1. The van der Waals surface area contributed by atoms with Gasteiger partial charge in [-0.1, -0.05) is 12.1 Å². The number of ether oxygens (including phenoxy) is 2. The molecule has 0 aliphatic carbocycles. The van der Waals surface area contributed by atoms with Gasteiger partial charge in [-0.3, -0.25) is 4.79 Å². The van der Waals surface area contributed by atoms with Crippen LogP contribution in [0.15, 0.2) is 18.2 Å². The number of carbonyl (C=O) groups is 1. The topological polar surface area (TPSA) is 59.6 Å². The molecule has 1 heterocycles. The van der Waals surface area contributed by atoms with Gasteiger partial charge in [0.25, 0.3) is 5.91 Å². The molecule has 1 atom stereocenters. The highest BCUT2D eigenvalue weighted by atomic mass is 35.5. The molecule has 0 spiro atoms. The van der Waals surface area contributed by atoms with Crippen LogP contribution in [0.3, 0.4) is 0 Å². The predicted molar refractivity (Wildman–Crippen MR) is 84.1 cm³/mol. The minimum atomic E-state index is -0.398. The van der Waals surface area contributed by atoms with Crippen molar-refractivity contribution in [1.82, 2.24) is 10.6 Å². The van der Waals surface area contributed by atoms with Crippen molar-refractivity contribution >= 4 is 18.3 Å². The van der Waals surface area contributed by atoms with E-state index in [2.05, 4.69) is 10.6 Å². The summed E-state index contributed by atoms with van der Waals surface area (Å²) in [6.07, 6.45) is -0.398. The van der Waals surface area contributed by atoms with Crippen LogP contribution in [0, 0.1) is 6.92 Å². The molecule has 6 heteroatoms. The summed E-state index contributed by atoms with van der Waals surface area (Å²) in [7, 11) is 0. The summed E-state index contributed by atoms with van der Waals surface area (Å²) in [5, 5.41) is 6.05. The third kappa shape index (κ3) is 5.19. The summed E-state index contributed by atoms with van der Waals surface area (Å²) >= 11 is 0. The summed E-state index contributed by atoms with van der Waals surface area (Å²) in [5.74, 6) is 0.746. The molecule has 1 aliphatic rings. The zero-order chi connectivity index (χ0) is 14.4.